The second-order valence-corrected chi connectivity index (χ2v) is 17.0. The van der Waals surface area contributed by atoms with Crippen LogP contribution in [0, 0.1) is 5.41 Å². The minimum Gasteiger partial charge on any atom is -0.489 e. The molecular weight excluding hydrogens is 619 g/mol. The molecule has 3 aromatic carbocycles. The number of benzene rings is 3. The fourth-order valence-corrected chi connectivity index (χ4v) is 10.6. The second-order valence-electron chi connectivity index (χ2n) is 15.1. The van der Waals surface area contributed by atoms with Gasteiger partial charge in [-0.05, 0) is 59.9 Å². The first-order valence-corrected chi connectivity index (χ1v) is 19.8. The fraction of sp³-hybridized carbons (Fsp3) is 0.550. The lowest BCUT2D eigenvalue weighted by molar-refractivity contribution is -0.953. The van der Waals surface area contributed by atoms with Gasteiger partial charge in [-0.1, -0.05) is 75.9 Å². The van der Waals surface area contributed by atoms with E-state index in [2.05, 4.69) is 43.0 Å². The second kappa shape index (κ2) is 14.5. The topological polar surface area (TPSA) is 70.1 Å². The van der Waals surface area contributed by atoms with Crippen molar-refractivity contribution in [1.29, 1.82) is 0 Å². The highest BCUT2D eigenvalue weighted by Gasteiger charge is 2.49. The summed E-state index contributed by atoms with van der Waals surface area (Å²) in [6.45, 7) is 13.3. The standard InChI is InChI=1S/C40H56N3O4S/c1-5-7-19-40(20-8-6-2)30-48(45,46)37-18-15-34(41(3)4)27-36(37)38(39(40)44)33-13-16-35(17-14-33)47-29-32-11-9-31(10-12-32)28-43-24-21-42(22-25-43)23-26-43/h9-18,27,38-39,44H,5-8,19-26,28-30H2,1-4H3/q+1/t38-,39-/m0/s1. The van der Waals surface area contributed by atoms with E-state index in [0.717, 1.165) is 54.8 Å². The van der Waals surface area contributed by atoms with Crippen LogP contribution in [0.5, 0.6) is 5.75 Å². The average Bonchev–Trinajstić information content (AvgIpc) is 3.17. The number of rotatable bonds is 13. The number of hydrogen-bond acceptors (Lipinski definition) is 6. The average molecular weight is 675 g/mol. The molecule has 3 saturated heterocycles. The van der Waals surface area contributed by atoms with E-state index in [9.17, 15) is 13.5 Å². The zero-order valence-corrected chi connectivity index (χ0v) is 30.4. The Hall–Kier alpha value is -2.91. The largest absolute Gasteiger partial charge is 0.489 e. The van der Waals surface area contributed by atoms with Gasteiger partial charge in [-0.3, -0.25) is 4.90 Å². The molecular formula is C40H56N3O4S+. The molecule has 0 radical (unpaired) electrons. The van der Waals surface area contributed by atoms with Crippen LogP contribution in [0.3, 0.4) is 0 Å². The summed E-state index contributed by atoms with van der Waals surface area (Å²) in [5.41, 5.74) is 4.34. The van der Waals surface area contributed by atoms with Crippen molar-refractivity contribution in [1.82, 2.24) is 4.90 Å². The summed E-state index contributed by atoms with van der Waals surface area (Å²) >= 11 is 0. The third kappa shape index (κ3) is 7.32. The minimum absolute atomic E-state index is 0.0232. The smallest absolute Gasteiger partial charge is 0.179 e. The van der Waals surface area contributed by atoms with Crippen molar-refractivity contribution in [3.63, 3.8) is 0 Å². The van der Waals surface area contributed by atoms with Crippen LogP contribution in [-0.2, 0) is 23.0 Å². The minimum atomic E-state index is -3.63. The Bertz CT molecular complexity index is 1610. The summed E-state index contributed by atoms with van der Waals surface area (Å²) < 4.78 is 35.7. The summed E-state index contributed by atoms with van der Waals surface area (Å²) in [5, 5.41) is 12.4. The molecule has 7 rings (SSSR count). The van der Waals surface area contributed by atoms with Gasteiger partial charge in [0.2, 0.25) is 0 Å². The van der Waals surface area contributed by atoms with Crippen LogP contribution < -0.4 is 9.64 Å². The van der Waals surface area contributed by atoms with E-state index in [-0.39, 0.29) is 5.75 Å². The summed E-state index contributed by atoms with van der Waals surface area (Å²) in [6.07, 6.45) is 4.21. The van der Waals surface area contributed by atoms with E-state index >= 15 is 0 Å². The molecule has 0 unspecified atom stereocenters. The molecule has 4 heterocycles. The maximum atomic E-state index is 14.1. The Labute approximate surface area is 289 Å². The van der Waals surface area contributed by atoms with Crippen molar-refractivity contribution in [2.75, 3.05) is 64.0 Å². The van der Waals surface area contributed by atoms with Crippen LogP contribution in [0.1, 0.15) is 80.5 Å². The molecule has 0 spiro atoms. The number of fused-ring (bicyclic) bond motifs is 4. The predicted molar refractivity (Wildman–Crippen MR) is 194 cm³/mol. The van der Waals surface area contributed by atoms with Crippen molar-refractivity contribution in [2.24, 2.45) is 5.41 Å². The molecule has 0 aromatic heterocycles. The summed E-state index contributed by atoms with van der Waals surface area (Å²) in [5.74, 6) is 0.264. The number of unbranched alkanes of at least 4 members (excludes halogenated alkanes) is 2. The van der Waals surface area contributed by atoms with E-state index in [1.165, 1.54) is 49.3 Å². The van der Waals surface area contributed by atoms with Crippen molar-refractivity contribution < 1.29 is 22.7 Å². The molecule has 48 heavy (non-hydrogen) atoms. The lowest BCUT2D eigenvalue weighted by atomic mass is 9.68. The van der Waals surface area contributed by atoms with Gasteiger partial charge in [0.25, 0.3) is 0 Å². The van der Waals surface area contributed by atoms with Crippen LogP contribution >= 0.6 is 0 Å². The third-order valence-corrected chi connectivity index (χ3v) is 13.5. The molecule has 1 N–H and O–H groups in total. The van der Waals surface area contributed by atoms with Crippen LogP contribution in [-0.4, -0.2) is 88.1 Å². The van der Waals surface area contributed by atoms with Gasteiger partial charge in [-0.25, -0.2) is 8.42 Å². The van der Waals surface area contributed by atoms with Crippen LogP contribution in [0.25, 0.3) is 0 Å². The van der Waals surface area contributed by atoms with Crippen molar-refractivity contribution in [3.8, 4) is 5.75 Å². The number of nitrogens with zero attached hydrogens (tertiary/aromatic N) is 3. The number of anilines is 1. The van der Waals surface area contributed by atoms with Crippen LogP contribution in [0.2, 0.25) is 0 Å². The van der Waals surface area contributed by atoms with Gasteiger partial charge < -0.3 is 19.2 Å². The van der Waals surface area contributed by atoms with Gasteiger partial charge in [-0.2, -0.15) is 0 Å². The lowest BCUT2D eigenvalue weighted by Gasteiger charge is -2.50. The highest BCUT2D eigenvalue weighted by molar-refractivity contribution is 7.91. The van der Waals surface area contributed by atoms with Crippen molar-refractivity contribution in [3.05, 3.63) is 89.0 Å². The van der Waals surface area contributed by atoms with Crippen molar-refractivity contribution >= 4 is 15.5 Å². The first-order valence-electron chi connectivity index (χ1n) is 18.2. The molecule has 7 nitrogen and oxygen atoms in total. The quantitative estimate of drug-likeness (QED) is 0.206. The van der Waals surface area contributed by atoms with E-state index in [1.54, 1.807) is 6.07 Å². The molecule has 2 bridgehead atoms. The first-order chi connectivity index (χ1) is 23.1. The monoisotopic (exact) mass is 674 g/mol. The molecule has 0 saturated carbocycles. The van der Waals surface area contributed by atoms with Gasteiger partial charge in [0.05, 0.1) is 36.4 Å². The van der Waals surface area contributed by atoms with E-state index in [4.69, 9.17) is 4.74 Å². The zero-order valence-electron chi connectivity index (χ0n) is 29.5. The summed E-state index contributed by atoms with van der Waals surface area (Å²) in [4.78, 5) is 4.93. The number of ether oxygens (including phenoxy) is 1. The number of hydrogen-bond donors (Lipinski definition) is 1. The fourth-order valence-electron chi connectivity index (χ4n) is 8.43. The highest BCUT2D eigenvalue weighted by Crippen LogP contribution is 2.50. The molecule has 3 fully saturated rings. The van der Waals surface area contributed by atoms with Gasteiger partial charge in [-0.15, -0.1) is 0 Å². The Balaban J connectivity index is 1.24. The number of aliphatic hydroxyl groups is 1. The normalized spacial score (nSPS) is 25.6. The summed E-state index contributed by atoms with van der Waals surface area (Å²) in [6, 6.07) is 22.5. The Morgan fingerprint density at radius 1 is 0.875 bits per heavy atom. The Kier molecular flexibility index (Phi) is 10.6. The SMILES string of the molecule is CCCCC1(CCCC)CS(=O)(=O)c2ccc(N(C)C)cc2[C@H](c2ccc(OCc3ccc(C[N+]45CCN(CC4)CC5)cc3)cc2)[C@@H]1O. The number of piperazine rings is 3. The first kappa shape index (κ1) is 34.9. The molecule has 3 aromatic rings. The van der Waals surface area contributed by atoms with Crippen LogP contribution in [0.4, 0.5) is 5.69 Å². The van der Waals surface area contributed by atoms with Crippen molar-refractivity contribution in [2.45, 2.75) is 82.4 Å². The maximum absolute atomic E-state index is 14.1. The lowest BCUT2D eigenvalue weighted by Crippen LogP contribution is -2.66. The molecule has 4 aliphatic rings. The number of quaternary nitrogens is 1. The zero-order chi connectivity index (χ0) is 33.9. The molecule has 0 aliphatic carbocycles. The Morgan fingerprint density at radius 2 is 1.48 bits per heavy atom. The Morgan fingerprint density at radius 3 is 2.06 bits per heavy atom. The van der Waals surface area contributed by atoms with E-state index in [0.29, 0.717) is 29.9 Å². The molecule has 8 heteroatoms. The molecule has 4 aliphatic heterocycles. The van der Waals surface area contributed by atoms with Gasteiger partial charge in [0.1, 0.15) is 18.9 Å². The molecule has 0 amide bonds. The predicted octanol–water partition coefficient (Wildman–Crippen LogP) is 6.62. The summed E-state index contributed by atoms with van der Waals surface area (Å²) in [7, 11) is 0.290. The molecule has 260 valence electrons. The third-order valence-electron chi connectivity index (χ3n) is 11.5. The highest BCUT2D eigenvalue weighted by atomic mass is 32.2. The number of aliphatic hydroxyl groups excluding tert-OH is 1. The van der Waals surface area contributed by atoms with Crippen LogP contribution in [0.15, 0.2) is 71.6 Å². The maximum Gasteiger partial charge on any atom is 0.179 e. The van der Waals surface area contributed by atoms with Gasteiger partial charge >= 0.3 is 0 Å². The van der Waals surface area contributed by atoms with Gasteiger partial charge in [0, 0.05) is 56.3 Å². The molecule has 2 atom stereocenters. The van der Waals surface area contributed by atoms with E-state index in [1.807, 2.05) is 55.4 Å². The van der Waals surface area contributed by atoms with E-state index < -0.39 is 27.3 Å². The number of sulfone groups is 1. The van der Waals surface area contributed by atoms with Gasteiger partial charge in [0.15, 0.2) is 9.84 Å².